The van der Waals surface area contributed by atoms with Crippen LogP contribution in [0.3, 0.4) is 0 Å². The summed E-state index contributed by atoms with van der Waals surface area (Å²) in [7, 11) is 0. The van der Waals surface area contributed by atoms with Crippen molar-refractivity contribution in [3.05, 3.63) is 70.9 Å². The maximum absolute atomic E-state index is 12.9. The standard InChI is InChI=1S/C22H21N3O3S/c1-13-6-5-7-17(10-13)25-14(2)11-19(15(25)3)20(26)12-29-22-24-23-21(28-22)18-8-9-27-16(18)4/h5-11H,12H2,1-4H3. The molecule has 0 saturated heterocycles. The summed E-state index contributed by atoms with van der Waals surface area (Å²) in [5.41, 5.74) is 5.66. The first-order valence-corrected chi connectivity index (χ1v) is 10.2. The van der Waals surface area contributed by atoms with Gasteiger partial charge in [0.25, 0.3) is 11.1 Å². The molecule has 0 unspecified atom stereocenters. The molecule has 0 aliphatic rings. The molecule has 0 saturated carbocycles. The lowest BCUT2D eigenvalue weighted by Crippen LogP contribution is -2.05. The van der Waals surface area contributed by atoms with E-state index in [0.29, 0.717) is 22.4 Å². The van der Waals surface area contributed by atoms with Crippen LogP contribution in [0.15, 0.2) is 56.7 Å². The van der Waals surface area contributed by atoms with E-state index in [4.69, 9.17) is 8.83 Å². The second kappa shape index (κ2) is 7.75. The molecule has 7 heteroatoms. The molecule has 0 N–H and O–H groups in total. The number of carbonyl (C=O) groups is 1. The van der Waals surface area contributed by atoms with Gasteiger partial charge in [-0.3, -0.25) is 4.79 Å². The van der Waals surface area contributed by atoms with E-state index >= 15 is 0 Å². The summed E-state index contributed by atoms with van der Waals surface area (Å²) in [5, 5.41) is 8.43. The number of hydrogen-bond acceptors (Lipinski definition) is 6. The monoisotopic (exact) mass is 407 g/mol. The highest BCUT2D eigenvalue weighted by atomic mass is 32.2. The third kappa shape index (κ3) is 3.78. The smallest absolute Gasteiger partial charge is 0.277 e. The van der Waals surface area contributed by atoms with Gasteiger partial charge in [-0.25, -0.2) is 0 Å². The van der Waals surface area contributed by atoms with E-state index in [9.17, 15) is 4.79 Å². The molecule has 0 fully saturated rings. The van der Waals surface area contributed by atoms with Gasteiger partial charge in [0.1, 0.15) is 5.76 Å². The van der Waals surface area contributed by atoms with Crippen LogP contribution in [0.25, 0.3) is 17.1 Å². The predicted molar refractivity (Wildman–Crippen MR) is 112 cm³/mol. The molecule has 4 aromatic rings. The zero-order valence-electron chi connectivity index (χ0n) is 16.7. The highest BCUT2D eigenvalue weighted by Gasteiger charge is 2.19. The molecule has 0 amide bonds. The molecular weight excluding hydrogens is 386 g/mol. The second-order valence-corrected chi connectivity index (χ2v) is 7.86. The summed E-state index contributed by atoms with van der Waals surface area (Å²) < 4.78 is 13.0. The molecule has 6 nitrogen and oxygen atoms in total. The number of Topliss-reactive ketones (excluding diaryl/α,β-unsaturated/α-hetero) is 1. The van der Waals surface area contributed by atoms with Crippen molar-refractivity contribution >= 4 is 17.5 Å². The molecule has 1 aromatic carbocycles. The first-order valence-electron chi connectivity index (χ1n) is 9.24. The van der Waals surface area contributed by atoms with Gasteiger partial charge in [-0.2, -0.15) is 0 Å². The summed E-state index contributed by atoms with van der Waals surface area (Å²) in [6, 6.07) is 12.0. The molecule has 0 radical (unpaired) electrons. The summed E-state index contributed by atoms with van der Waals surface area (Å²) >= 11 is 1.24. The van der Waals surface area contributed by atoms with E-state index in [1.54, 1.807) is 12.3 Å². The fourth-order valence-electron chi connectivity index (χ4n) is 3.40. The first-order chi connectivity index (χ1) is 13.9. The molecule has 148 valence electrons. The van der Waals surface area contributed by atoms with Crippen LogP contribution in [0.2, 0.25) is 0 Å². The van der Waals surface area contributed by atoms with Crippen LogP contribution in [-0.4, -0.2) is 26.3 Å². The Kier molecular flexibility index (Phi) is 5.15. The molecule has 0 atom stereocenters. The van der Waals surface area contributed by atoms with Crippen molar-refractivity contribution in [1.82, 2.24) is 14.8 Å². The Bertz CT molecular complexity index is 1190. The van der Waals surface area contributed by atoms with Crippen molar-refractivity contribution in [1.29, 1.82) is 0 Å². The topological polar surface area (TPSA) is 74.1 Å². The number of rotatable bonds is 6. The maximum Gasteiger partial charge on any atom is 0.277 e. The van der Waals surface area contributed by atoms with E-state index in [0.717, 1.165) is 22.6 Å². The molecule has 0 aliphatic carbocycles. The van der Waals surface area contributed by atoms with Crippen molar-refractivity contribution in [2.45, 2.75) is 32.9 Å². The maximum atomic E-state index is 12.9. The summed E-state index contributed by atoms with van der Waals surface area (Å²) in [4.78, 5) is 12.9. The number of aryl methyl sites for hydroxylation is 3. The van der Waals surface area contributed by atoms with Gasteiger partial charge >= 0.3 is 0 Å². The first kappa shape index (κ1) is 19.3. The predicted octanol–water partition coefficient (Wildman–Crippen LogP) is 5.33. The molecule has 0 bridgehead atoms. The third-order valence-electron chi connectivity index (χ3n) is 4.81. The van der Waals surface area contributed by atoms with Gasteiger partial charge in [0.15, 0.2) is 5.78 Å². The van der Waals surface area contributed by atoms with Gasteiger partial charge in [0.2, 0.25) is 0 Å². The van der Waals surface area contributed by atoms with Crippen LogP contribution in [-0.2, 0) is 0 Å². The highest BCUT2D eigenvalue weighted by Crippen LogP contribution is 2.28. The molecule has 0 aliphatic heterocycles. The van der Waals surface area contributed by atoms with E-state index in [2.05, 4.69) is 33.8 Å². The lowest BCUT2D eigenvalue weighted by Gasteiger charge is -2.10. The lowest BCUT2D eigenvalue weighted by molar-refractivity contribution is 0.102. The van der Waals surface area contributed by atoms with Crippen molar-refractivity contribution < 1.29 is 13.6 Å². The van der Waals surface area contributed by atoms with Gasteiger partial charge in [-0.15, -0.1) is 10.2 Å². The van der Waals surface area contributed by atoms with Gasteiger partial charge in [0, 0.05) is 22.6 Å². The minimum Gasteiger partial charge on any atom is -0.469 e. The van der Waals surface area contributed by atoms with Crippen molar-refractivity contribution in [3.63, 3.8) is 0 Å². The SMILES string of the molecule is Cc1cccc(-n2c(C)cc(C(=O)CSc3nnc(-c4ccoc4C)o3)c2C)c1. The zero-order valence-corrected chi connectivity index (χ0v) is 17.5. The number of aromatic nitrogens is 3. The van der Waals surface area contributed by atoms with Gasteiger partial charge in [-0.1, -0.05) is 23.9 Å². The molecule has 4 rings (SSSR count). The number of carbonyl (C=O) groups excluding carboxylic acids is 1. The van der Waals surface area contributed by atoms with Gasteiger partial charge in [0.05, 0.1) is 17.6 Å². The molecule has 0 spiro atoms. The van der Waals surface area contributed by atoms with Gasteiger partial charge in [-0.05, 0) is 57.5 Å². The normalized spacial score (nSPS) is 11.2. The Hall–Kier alpha value is -3.06. The van der Waals surface area contributed by atoms with Crippen LogP contribution in [0.5, 0.6) is 0 Å². The Morgan fingerprint density at radius 1 is 1.10 bits per heavy atom. The van der Waals surface area contributed by atoms with E-state index in [1.807, 2.05) is 39.0 Å². The average Bonchev–Trinajstić information content (AvgIpc) is 3.39. The average molecular weight is 407 g/mol. The Labute approximate surface area is 172 Å². The van der Waals surface area contributed by atoms with Gasteiger partial charge < -0.3 is 13.4 Å². The molecule has 3 aromatic heterocycles. The molecular formula is C22H21N3O3S. The van der Waals surface area contributed by atoms with E-state index < -0.39 is 0 Å². The van der Waals surface area contributed by atoms with Crippen LogP contribution in [0, 0.1) is 27.7 Å². The zero-order chi connectivity index (χ0) is 20.5. The minimum atomic E-state index is 0.0289. The van der Waals surface area contributed by atoms with Crippen molar-refractivity contribution in [2.24, 2.45) is 0 Å². The highest BCUT2D eigenvalue weighted by molar-refractivity contribution is 7.99. The van der Waals surface area contributed by atoms with E-state index in [1.165, 1.54) is 17.3 Å². The fraction of sp³-hybridized carbons (Fsp3) is 0.227. The van der Waals surface area contributed by atoms with Crippen LogP contribution >= 0.6 is 11.8 Å². The third-order valence-corrected chi connectivity index (χ3v) is 5.63. The summed E-state index contributed by atoms with van der Waals surface area (Å²) in [6.45, 7) is 7.88. The largest absolute Gasteiger partial charge is 0.469 e. The number of hydrogen-bond donors (Lipinski definition) is 0. The number of ketones is 1. The second-order valence-electron chi connectivity index (χ2n) is 6.93. The number of furan rings is 1. The molecule has 3 heterocycles. The number of thioether (sulfide) groups is 1. The number of benzene rings is 1. The minimum absolute atomic E-state index is 0.0289. The van der Waals surface area contributed by atoms with Crippen molar-refractivity contribution in [2.75, 3.05) is 5.75 Å². The summed E-state index contributed by atoms with van der Waals surface area (Å²) in [6.07, 6.45) is 1.58. The molecule has 29 heavy (non-hydrogen) atoms. The fourth-order valence-corrected chi connectivity index (χ4v) is 4.04. The quantitative estimate of drug-likeness (QED) is 0.318. The van der Waals surface area contributed by atoms with Crippen LogP contribution in [0.4, 0.5) is 0 Å². The Balaban J connectivity index is 1.51. The Morgan fingerprint density at radius 2 is 1.93 bits per heavy atom. The van der Waals surface area contributed by atoms with Crippen LogP contribution in [0.1, 0.15) is 33.1 Å². The number of nitrogens with zero attached hydrogens (tertiary/aromatic N) is 3. The van der Waals surface area contributed by atoms with Crippen LogP contribution < -0.4 is 0 Å². The van der Waals surface area contributed by atoms with Crippen molar-refractivity contribution in [3.8, 4) is 17.1 Å². The lowest BCUT2D eigenvalue weighted by atomic mass is 10.2. The summed E-state index contributed by atoms with van der Waals surface area (Å²) in [5.74, 6) is 1.36. The van der Waals surface area contributed by atoms with E-state index in [-0.39, 0.29) is 11.5 Å². The Morgan fingerprint density at radius 3 is 2.66 bits per heavy atom.